The van der Waals surface area contributed by atoms with Gasteiger partial charge in [-0.2, -0.15) is 0 Å². The van der Waals surface area contributed by atoms with Gasteiger partial charge in [-0.15, -0.1) is 0 Å². The molecule has 1 N–H and O–H groups in total. The van der Waals surface area contributed by atoms with Crippen LogP contribution in [0.3, 0.4) is 0 Å². The van der Waals surface area contributed by atoms with E-state index in [0.29, 0.717) is 5.02 Å². The number of carbonyl (C=O) groups is 2. The molecule has 3 rings (SSSR count). The largest absolute Gasteiger partial charge is 0.325 e. The number of amides is 3. The molecule has 22 heavy (non-hydrogen) atoms. The first-order valence-corrected chi connectivity index (χ1v) is 7.32. The van der Waals surface area contributed by atoms with Crippen LogP contribution in [-0.2, 0) is 16.9 Å². The van der Waals surface area contributed by atoms with Crippen LogP contribution in [0.5, 0.6) is 0 Å². The normalized spacial score (nSPS) is 21.1. The van der Waals surface area contributed by atoms with Gasteiger partial charge in [0.1, 0.15) is 5.54 Å². The molecule has 1 fully saturated rings. The van der Waals surface area contributed by atoms with Crippen LogP contribution in [0.4, 0.5) is 4.79 Å². The highest BCUT2D eigenvalue weighted by Gasteiger charge is 2.48. The highest BCUT2D eigenvalue weighted by Crippen LogP contribution is 2.29. The van der Waals surface area contributed by atoms with Gasteiger partial charge in [-0.05, 0) is 30.2 Å². The maximum absolute atomic E-state index is 12.7. The minimum Gasteiger partial charge on any atom is -0.319 e. The van der Waals surface area contributed by atoms with Crippen LogP contribution >= 0.6 is 11.6 Å². The Balaban J connectivity index is 1.87. The number of rotatable bonds is 3. The second-order valence-electron chi connectivity index (χ2n) is 5.44. The van der Waals surface area contributed by atoms with E-state index in [2.05, 4.69) is 5.32 Å². The molecule has 3 amide bonds. The zero-order valence-corrected chi connectivity index (χ0v) is 12.8. The molecule has 0 aromatic heterocycles. The van der Waals surface area contributed by atoms with Gasteiger partial charge in [0.2, 0.25) is 0 Å². The average molecular weight is 315 g/mol. The molecule has 2 aromatic rings. The maximum atomic E-state index is 12.7. The van der Waals surface area contributed by atoms with Gasteiger partial charge in [0.05, 0.1) is 6.54 Å². The predicted molar refractivity (Wildman–Crippen MR) is 84.3 cm³/mol. The van der Waals surface area contributed by atoms with E-state index >= 15 is 0 Å². The Morgan fingerprint density at radius 2 is 1.68 bits per heavy atom. The van der Waals surface area contributed by atoms with Crippen molar-refractivity contribution in [2.45, 2.75) is 19.0 Å². The first-order chi connectivity index (χ1) is 10.5. The molecule has 1 saturated heterocycles. The predicted octanol–water partition coefficient (Wildman–Crippen LogP) is 3.31. The summed E-state index contributed by atoms with van der Waals surface area (Å²) in [4.78, 5) is 26.2. The van der Waals surface area contributed by atoms with Crippen LogP contribution < -0.4 is 5.32 Å². The molecule has 1 aliphatic rings. The van der Waals surface area contributed by atoms with Crippen molar-refractivity contribution in [1.29, 1.82) is 0 Å². The molecule has 0 radical (unpaired) electrons. The molecule has 0 aliphatic carbocycles. The van der Waals surface area contributed by atoms with Gasteiger partial charge in [-0.1, -0.05) is 54.1 Å². The van der Waals surface area contributed by atoms with Gasteiger partial charge in [-0.25, -0.2) is 4.79 Å². The molecule has 1 heterocycles. The van der Waals surface area contributed by atoms with E-state index < -0.39 is 5.54 Å². The summed E-state index contributed by atoms with van der Waals surface area (Å²) in [6.07, 6.45) is 0. The summed E-state index contributed by atoms with van der Waals surface area (Å²) in [6.45, 7) is 1.95. The SMILES string of the molecule is C[C@@]1(c2ccccc2)NC(=O)N(Cc2ccc(Cl)cc2)C1=O. The van der Waals surface area contributed by atoms with Crippen molar-refractivity contribution in [3.05, 3.63) is 70.7 Å². The Morgan fingerprint density at radius 3 is 2.32 bits per heavy atom. The quantitative estimate of drug-likeness (QED) is 0.884. The number of halogens is 1. The standard InChI is InChI=1S/C17H15ClN2O2/c1-17(13-5-3-2-4-6-13)15(21)20(16(22)19-17)11-12-7-9-14(18)10-8-12/h2-10H,11H2,1H3,(H,19,22)/t17-/m0/s1. The Morgan fingerprint density at radius 1 is 1.05 bits per heavy atom. The van der Waals surface area contributed by atoms with Crippen molar-refractivity contribution < 1.29 is 9.59 Å². The Bertz CT molecular complexity index is 715. The van der Waals surface area contributed by atoms with Gasteiger partial charge in [-0.3, -0.25) is 9.69 Å². The summed E-state index contributed by atoms with van der Waals surface area (Å²) in [5.41, 5.74) is 0.599. The van der Waals surface area contributed by atoms with Gasteiger partial charge < -0.3 is 5.32 Å². The highest BCUT2D eigenvalue weighted by molar-refractivity contribution is 6.30. The molecule has 1 aliphatic heterocycles. The second-order valence-corrected chi connectivity index (χ2v) is 5.88. The van der Waals surface area contributed by atoms with Crippen LogP contribution in [0.15, 0.2) is 54.6 Å². The molecule has 0 saturated carbocycles. The minimum atomic E-state index is -1.02. The lowest BCUT2D eigenvalue weighted by Crippen LogP contribution is -2.40. The van der Waals surface area contributed by atoms with Crippen LogP contribution in [0, 0.1) is 0 Å². The van der Waals surface area contributed by atoms with Gasteiger partial charge in [0.15, 0.2) is 0 Å². The lowest BCUT2D eigenvalue weighted by molar-refractivity contribution is -0.131. The molecule has 1 atom stereocenters. The van der Waals surface area contributed by atoms with Crippen LogP contribution in [0.25, 0.3) is 0 Å². The van der Waals surface area contributed by atoms with Crippen LogP contribution in [-0.4, -0.2) is 16.8 Å². The second kappa shape index (κ2) is 5.46. The summed E-state index contributed by atoms with van der Waals surface area (Å²) in [6, 6.07) is 16.0. The Kier molecular flexibility index (Phi) is 3.62. The highest BCUT2D eigenvalue weighted by atomic mass is 35.5. The monoisotopic (exact) mass is 314 g/mol. The summed E-state index contributed by atoms with van der Waals surface area (Å²) in [5.74, 6) is -0.251. The number of imide groups is 1. The lowest BCUT2D eigenvalue weighted by atomic mass is 9.92. The van der Waals surface area contributed by atoms with Crippen molar-refractivity contribution in [3.8, 4) is 0 Å². The van der Waals surface area contributed by atoms with E-state index in [1.54, 1.807) is 31.2 Å². The Labute approximate surface area is 133 Å². The molecule has 0 bridgehead atoms. The first kappa shape index (κ1) is 14.6. The third kappa shape index (κ3) is 2.46. The number of hydrogen-bond acceptors (Lipinski definition) is 2. The molecule has 0 unspecified atom stereocenters. The van der Waals surface area contributed by atoms with Crippen molar-refractivity contribution in [2.75, 3.05) is 0 Å². The number of carbonyl (C=O) groups excluding carboxylic acids is 2. The van der Waals surface area contributed by atoms with E-state index in [1.165, 1.54) is 4.90 Å². The summed E-state index contributed by atoms with van der Waals surface area (Å²) < 4.78 is 0. The van der Waals surface area contributed by atoms with Gasteiger partial charge >= 0.3 is 6.03 Å². The van der Waals surface area contributed by atoms with Crippen molar-refractivity contribution in [3.63, 3.8) is 0 Å². The summed E-state index contributed by atoms with van der Waals surface area (Å²) in [7, 11) is 0. The minimum absolute atomic E-state index is 0.226. The fourth-order valence-corrected chi connectivity index (χ4v) is 2.71. The third-order valence-electron chi connectivity index (χ3n) is 3.88. The number of benzene rings is 2. The van der Waals surface area contributed by atoms with E-state index in [1.807, 2.05) is 30.3 Å². The first-order valence-electron chi connectivity index (χ1n) is 6.95. The number of nitrogens with one attached hydrogen (secondary N) is 1. The molecule has 2 aromatic carbocycles. The van der Waals surface area contributed by atoms with Crippen LogP contribution in [0.2, 0.25) is 5.02 Å². The van der Waals surface area contributed by atoms with E-state index in [0.717, 1.165) is 11.1 Å². The molecular weight excluding hydrogens is 300 g/mol. The van der Waals surface area contributed by atoms with Crippen molar-refractivity contribution in [1.82, 2.24) is 10.2 Å². The van der Waals surface area contributed by atoms with E-state index in [9.17, 15) is 9.59 Å². The molecule has 4 nitrogen and oxygen atoms in total. The molecular formula is C17H15ClN2O2. The smallest absolute Gasteiger partial charge is 0.319 e. The fourth-order valence-electron chi connectivity index (χ4n) is 2.58. The van der Waals surface area contributed by atoms with E-state index in [4.69, 9.17) is 11.6 Å². The van der Waals surface area contributed by atoms with Gasteiger partial charge in [0.25, 0.3) is 5.91 Å². The third-order valence-corrected chi connectivity index (χ3v) is 4.13. The number of urea groups is 1. The Hall–Kier alpha value is -2.33. The lowest BCUT2D eigenvalue weighted by Gasteiger charge is -2.22. The summed E-state index contributed by atoms with van der Waals surface area (Å²) in [5, 5.41) is 3.41. The fraction of sp³-hybridized carbons (Fsp3) is 0.176. The maximum Gasteiger partial charge on any atom is 0.325 e. The van der Waals surface area contributed by atoms with Crippen molar-refractivity contribution >= 4 is 23.5 Å². The zero-order valence-electron chi connectivity index (χ0n) is 12.0. The number of hydrogen-bond donors (Lipinski definition) is 1. The van der Waals surface area contributed by atoms with Crippen LogP contribution in [0.1, 0.15) is 18.1 Å². The number of nitrogens with zero attached hydrogens (tertiary/aromatic N) is 1. The summed E-state index contributed by atoms with van der Waals surface area (Å²) >= 11 is 5.85. The topological polar surface area (TPSA) is 49.4 Å². The molecule has 112 valence electrons. The molecule has 0 spiro atoms. The van der Waals surface area contributed by atoms with Gasteiger partial charge in [0, 0.05) is 5.02 Å². The van der Waals surface area contributed by atoms with Crippen molar-refractivity contribution in [2.24, 2.45) is 0 Å². The average Bonchev–Trinajstić information content (AvgIpc) is 2.75. The van der Waals surface area contributed by atoms with E-state index in [-0.39, 0.29) is 18.5 Å². The molecule has 5 heteroatoms. The zero-order chi connectivity index (χ0) is 15.7.